The molecule has 0 saturated carbocycles. The molecule has 0 atom stereocenters. The Morgan fingerprint density at radius 1 is 1.46 bits per heavy atom. The topological polar surface area (TPSA) is 60.2 Å². The number of aromatic nitrogens is 3. The summed E-state index contributed by atoms with van der Waals surface area (Å²) < 4.78 is 32.7. The number of methoxy groups -OCH3 is 1. The zero-order valence-electron chi connectivity index (χ0n) is 13.2. The molecule has 0 aliphatic heterocycles. The molecule has 6 nitrogen and oxygen atoms in total. The highest BCUT2D eigenvalue weighted by molar-refractivity contribution is 9.10. The van der Waals surface area contributed by atoms with Gasteiger partial charge >= 0.3 is 0 Å². The predicted octanol–water partition coefficient (Wildman–Crippen LogP) is 2.69. The molecule has 130 valence electrons. The molecule has 24 heavy (non-hydrogen) atoms. The molecule has 0 N–H and O–H groups in total. The Morgan fingerprint density at radius 3 is 2.83 bits per heavy atom. The molecule has 1 aromatic carbocycles. The van der Waals surface area contributed by atoms with Crippen LogP contribution in [0.4, 0.5) is 8.78 Å². The number of amides is 1. The van der Waals surface area contributed by atoms with E-state index in [2.05, 4.69) is 26.2 Å². The second-order valence-electron chi connectivity index (χ2n) is 5.05. The van der Waals surface area contributed by atoms with Gasteiger partial charge in [0.25, 0.3) is 12.3 Å². The van der Waals surface area contributed by atoms with Crippen molar-refractivity contribution in [3.8, 4) is 5.69 Å². The van der Waals surface area contributed by atoms with Crippen molar-refractivity contribution in [1.29, 1.82) is 0 Å². The molecule has 2 aromatic rings. The minimum atomic E-state index is -2.63. The highest BCUT2D eigenvalue weighted by Crippen LogP contribution is 2.18. The van der Waals surface area contributed by atoms with E-state index in [9.17, 15) is 13.6 Å². The van der Waals surface area contributed by atoms with E-state index in [0.29, 0.717) is 11.4 Å². The summed E-state index contributed by atoms with van der Waals surface area (Å²) in [6.45, 7) is 1.22. The standard InChI is InChI=1S/C15H17BrF2N4O2/c1-10-14(15(23)21(6-7-24-2)9-13(17)18)19-20-22(10)12-5-3-4-11(16)8-12/h3-5,8,13H,6-7,9H2,1-2H3. The van der Waals surface area contributed by atoms with Crippen LogP contribution < -0.4 is 0 Å². The van der Waals surface area contributed by atoms with E-state index >= 15 is 0 Å². The van der Waals surface area contributed by atoms with Gasteiger partial charge in [-0.3, -0.25) is 4.79 Å². The van der Waals surface area contributed by atoms with Gasteiger partial charge in [-0.15, -0.1) is 5.10 Å². The number of nitrogens with zero attached hydrogens (tertiary/aromatic N) is 4. The van der Waals surface area contributed by atoms with Gasteiger partial charge in [-0.2, -0.15) is 0 Å². The van der Waals surface area contributed by atoms with Crippen molar-refractivity contribution in [1.82, 2.24) is 19.9 Å². The van der Waals surface area contributed by atoms with Gasteiger partial charge in [0.2, 0.25) is 0 Å². The van der Waals surface area contributed by atoms with Crippen LogP contribution in [0.2, 0.25) is 0 Å². The second kappa shape index (κ2) is 8.29. The fourth-order valence-corrected chi connectivity index (χ4v) is 2.56. The first-order valence-electron chi connectivity index (χ1n) is 7.18. The summed E-state index contributed by atoms with van der Waals surface area (Å²) in [5, 5.41) is 7.85. The summed E-state index contributed by atoms with van der Waals surface area (Å²) in [5.74, 6) is -0.592. The van der Waals surface area contributed by atoms with Gasteiger partial charge < -0.3 is 9.64 Å². The molecule has 1 aromatic heterocycles. The van der Waals surface area contributed by atoms with Crippen LogP contribution in [0.25, 0.3) is 5.69 Å². The minimum Gasteiger partial charge on any atom is -0.383 e. The molecule has 0 aliphatic rings. The molecule has 0 spiro atoms. The third kappa shape index (κ3) is 4.35. The van der Waals surface area contributed by atoms with E-state index in [0.717, 1.165) is 9.37 Å². The fraction of sp³-hybridized carbons (Fsp3) is 0.400. The Balaban J connectivity index is 2.29. The van der Waals surface area contributed by atoms with Crippen LogP contribution in [0.3, 0.4) is 0 Å². The first-order valence-corrected chi connectivity index (χ1v) is 7.98. The highest BCUT2D eigenvalue weighted by atomic mass is 79.9. The molecule has 0 bridgehead atoms. The molecule has 9 heteroatoms. The summed E-state index contributed by atoms with van der Waals surface area (Å²) >= 11 is 3.36. The van der Waals surface area contributed by atoms with Gasteiger partial charge in [-0.1, -0.05) is 27.2 Å². The summed E-state index contributed by atoms with van der Waals surface area (Å²) in [6.07, 6.45) is -2.63. The number of carbonyl (C=O) groups excluding carboxylic acids is 1. The van der Waals surface area contributed by atoms with Crippen LogP contribution in [-0.4, -0.2) is 59.0 Å². The maximum Gasteiger partial charge on any atom is 0.276 e. The summed E-state index contributed by atoms with van der Waals surface area (Å²) in [6, 6.07) is 7.31. The van der Waals surface area contributed by atoms with Gasteiger partial charge in [0.05, 0.1) is 24.5 Å². The second-order valence-corrected chi connectivity index (χ2v) is 5.97. The molecule has 0 fully saturated rings. The highest BCUT2D eigenvalue weighted by Gasteiger charge is 2.25. The van der Waals surface area contributed by atoms with Gasteiger partial charge in [-0.05, 0) is 25.1 Å². The minimum absolute atomic E-state index is 0.0479. The van der Waals surface area contributed by atoms with Gasteiger partial charge in [0.15, 0.2) is 5.69 Å². The average molecular weight is 403 g/mol. The smallest absolute Gasteiger partial charge is 0.276 e. The van der Waals surface area contributed by atoms with Crippen molar-refractivity contribution in [2.24, 2.45) is 0 Å². The van der Waals surface area contributed by atoms with Crippen molar-refractivity contribution in [2.45, 2.75) is 13.3 Å². The number of hydrogen-bond donors (Lipinski definition) is 0. The third-order valence-corrected chi connectivity index (χ3v) is 3.85. The molecule has 1 amide bonds. The first-order chi connectivity index (χ1) is 11.4. The van der Waals surface area contributed by atoms with Gasteiger partial charge in [0, 0.05) is 18.1 Å². The van der Waals surface area contributed by atoms with Crippen molar-refractivity contribution in [3.63, 3.8) is 0 Å². The van der Waals surface area contributed by atoms with E-state index in [4.69, 9.17) is 4.74 Å². The van der Waals surface area contributed by atoms with Gasteiger partial charge in [-0.25, -0.2) is 13.5 Å². The molecule has 0 radical (unpaired) electrons. The number of alkyl halides is 2. The van der Waals surface area contributed by atoms with Gasteiger partial charge in [0.1, 0.15) is 0 Å². The monoisotopic (exact) mass is 402 g/mol. The Morgan fingerprint density at radius 2 is 2.21 bits per heavy atom. The lowest BCUT2D eigenvalue weighted by Crippen LogP contribution is -2.38. The molecule has 2 rings (SSSR count). The Hall–Kier alpha value is -1.87. The van der Waals surface area contributed by atoms with Crippen molar-refractivity contribution >= 4 is 21.8 Å². The Kier molecular flexibility index (Phi) is 6.38. The number of carbonyl (C=O) groups is 1. The number of halogens is 3. The quantitative estimate of drug-likeness (QED) is 0.714. The van der Waals surface area contributed by atoms with Crippen molar-refractivity contribution < 1.29 is 18.3 Å². The molecular formula is C15H17BrF2N4O2. The summed E-state index contributed by atoms with van der Waals surface area (Å²) in [4.78, 5) is 13.6. The van der Waals surface area contributed by atoms with Crippen LogP contribution in [0.5, 0.6) is 0 Å². The third-order valence-electron chi connectivity index (χ3n) is 3.36. The first kappa shape index (κ1) is 18.5. The van der Waals surface area contributed by atoms with Crippen LogP contribution in [0.1, 0.15) is 16.2 Å². The van der Waals surface area contributed by atoms with Crippen LogP contribution in [0.15, 0.2) is 28.7 Å². The molecule has 0 unspecified atom stereocenters. The largest absolute Gasteiger partial charge is 0.383 e. The maximum atomic E-state index is 12.7. The van der Waals surface area contributed by atoms with Crippen LogP contribution >= 0.6 is 15.9 Å². The number of benzene rings is 1. The predicted molar refractivity (Wildman–Crippen MR) is 87.6 cm³/mol. The van der Waals surface area contributed by atoms with Crippen LogP contribution in [-0.2, 0) is 4.74 Å². The van der Waals surface area contributed by atoms with Crippen molar-refractivity contribution in [3.05, 3.63) is 40.1 Å². The molecule has 0 aliphatic carbocycles. The zero-order valence-corrected chi connectivity index (χ0v) is 14.8. The maximum absolute atomic E-state index is 12.7. The Labute approximate surface area is 146 Å². The lowest BCUT2D eigenvalue weighted by molar-refractivity contribution is 0.0472. The Bertz CT molecular complexity index is 709. The van der Waals surface area contributed by atoms with E-state index < -0.39 is 18.9 Å². The van der Waals surface area contributed by atoms with E-state index in [-0.39, 0.29) is 18.8 Å². The summed E-state index contributed by atoms with van der Waals surface area (Å²) in [5.41, 5.74) is 1.24. The normalized spacial score (nSPS) is 11.1. The lowest BCUT2D eigenvalue weighted by Gasteiger charge is -2.21. The number of rotatable bonds is 7. The number of hydrogen-bond acceptors (Lipinski definition) is 4. The van der Waals surface area contributed by atoms with E-state index in [1.165, 1.54) is 11.8 Å². The molecular weight excluding hydrogens is 386 g/mol. The van der Waals surface area contributed by atoms with E-state index in [1.54, 1.807) is 6.92 Å². The van der Waals surface area contributed by atoms with E-state index in [1.807, 2.05) is 24.3 Å². The molecule has 0 saturated heterocycles. The molecule has 1 heterocycles. The number of ether oxygens (including phenoxy) is 1. The fourth-order valence-electron chi connectivity index (χ4n) is 2.17. The SMILES string of the molecule is COCCN(CC(F)F)C(=O)c1nnn(-c2cccc(Br)c2)c1C. The lowest BCUT2D eigenvalue weighted by atomic mass is 10.2. The van der Waals surface area contributed by atoms with Crippen LogP contribution in [0, 0.1) is 6.92 Å². The summed E-state index contributed by atoms with van der Waals surface area (Å²) in [7, 11) is 1.44. The van der Waals surface area contributed by atoms with Crippen molar-refractivity contribution in [2.75, 3.05) is 26.8 Å². The average Bonchev–Trinajstić information content (AvgIpc) is 2.92. The zero-order chi connectivity index (χ0) is 17.7.